The number of halogens is 2. The molecule has 112 valence electrons. The largest absolute Gasteiger partial charge is 0.497 e. The third-order valence-electron chi connectivity index (χ3n) is 2.82. The Morgan fingerprint density at radius 1 is 1.29 bits per heavy atom. The van der Waals surface area contributed by atoms with Gasteiger partial charge in [0.1, 0.15) is 11.6 Å². The smallest absolute Gasteiger partial charge is 0.160 e. The molecule has 0 aliphatic heterocycles. The summed E-state index contributed by atoms with van der Waals surface area (Å²) in [4.78, 5) is 3.97. The maximum absolute atomic E-state index is 13.7. The predicted molar refractivity (Wildman–Crippen MR) is 78.5 cm³/mol. The fourth-order valence-electron chi connectivity index (χ4n) is 1.83. The number of hydrogen-bond acceptors (Lipinski definition) is 4. The van der Waals surface area contributed by atoms with Crippen molar-refractivity contribution in [2.24, 2.45) is 0 Å². The standard InChI is InChI=1S/C14H13ClFNO3S/c1-20-11-5-6-17-10(7-11)8-21(18,19)9-12-13(15)3-2-4-14(12)16/h2-7H,8-9H2,1H3. The normalized spacial score (nSPS) is 11.4. The molecule has 0 radical (unpaired) electrons. The predicted octanol–water partition coefficient (Wildman–Crippen LogP) is 3.00. The lowest BCUT2D eigenvalue weighted by Gasteiger charge is -2.08. The quantitative estimate of drug-likeness (QED) is 0.846. The zero-order chi connectivity index (χ0) is 15.5. The van der Waals surface area contributed by atoms with Gasteiger partial charge in [0.2, 0.25) is 0 Å². The van der Waals surface area contributed by atoms with E-state index in [1.165, 1.54) is 37.6 Å². The highest BCUT2D eigenvalue weighted by atomic mass is 35.5. The molecule has 1 aromatic carbocycles. The highest BCUT2D eigenvalue weighted by Crippen LogP contribution is 2.23. The van der Waals surface area contributed by atoms with Gasteiger partial charge < -0.3 is 4.74 Å². The summed E-state index contributed by atoms with van der Waals surface area (Å²) in [5.41, 5.74) is 0.309. The van der Waals surface area contributed by atoms with Crippen LogP contribution in [-0.2, 0) is 21.3 Å². The fraction of sp³-hybridized carbons (Fsp3) is 0.214. The van der Waals surface area contributed by atoms with Crippen molar-refractivity contribution in [3.8, 4) is 5.75 Å². The topological polar surface area (TPSA) is 56.3 Å². The number of benzene rings is 1. The number of hydrogen-bond donors (Lipinski definition) is 0. The summed E-state index contributed by atoms with van der Waals surface area (Å²) in [6, 6.07) is 7.21. The molecule has 0 unspecified atom stereocenters. The van der Waals surface area contributed by atoms with Gasteiger partial charge in [-0.25, -0.2) is 12.8 Å². The minimum atomic E-state index is -3.60. The van der Waals surface area contributed by atoms with Crippen LogP contribution < -0.4 is 4.74 Å². The third kappa shape index (κ3) is 4.15. The van der Waals surface area contributed by atoms with Crippen LogP contribution in [0.3, 0.4) is 0 Å². The molecule has 4 nitrogen and oxygen atoms in total. The molecular weight excluding hydrogens is 317 g/mol. The molecule has 0 aliphatic carbocycles. The number of rotatable bonds is 5. The Morgan fingerprint density at radius 2 is 2.05 bits per heavy atom. The van der Waals surface area contributed by atoms with Gasteiger partial charge in [-0.3, -0.25) is 4.98 Å². The highest BCUT2D eigenvalue weighted by Gasteiger charge is 2.19. The Bertz CT molecular complexity index is 729. The van der Waals surface area contributed by atoms with Crippen LogP contribution in [0.4, 0.5) is 4.39 Å². The Hall–Kier alpha value is -1.66. The summed E-state index contributed by atoms with van der Waals surface area (Å²) in [7, 11) is -2.12. The first-order chi connectivity index (χ1) is 9.91. The van der Waals surface area contributed by atoms with E-state index in [1.54, 1.807) is 6.07 Å². The molecule has 0 atom stereocenters. The van der Waals surface area contributed by atoms with Gasteiger partial charge >= 0.3 is 0 Å². The van der Waals surface area contributed by atoms with Crippen LogP contribution in [0.15, 0.2) is 36.5 Å². The SMILES string of the molecule is COc1ccnc(CS(=O)(=O)Cc2c(F)cccc2Cl)c1. The Morgan fingerprint density at radius 3 is 2.71 bits per heavy atom. The van der Waals surface area contributed by atoms with Crippen molar-refractivity contribution in [2.75, 3.05) is 7.11 Å². The lowest BCUT2D eigenvalue weighted by Crippen LogP contribution is -2.10. The molecule has 2 aromatic rings. The van der Waals surface area contributed by atoms with Crippen LogP contribution in [-0.4, -0.2) is 20.5 Å². The Kier molecular flexibility index (Phi) is 4.80. The number of pyridine rings is 1. The number of ether oxygens (including phenoxy) is 1. The first-order valence-electron chi connectivity index (χ1n) is 6.03. The van der Waals surface area contributed by atoms with Gasteiger partial charge in [0, 0.05) is 22.8 Å². The molecule has 1 heterocycles. The number of methoxy groups -OCH3 is 1. The van der Waals surface area contributed by atoms with Crippen LogP contribution in [0.2, 0.25) is 5.02 Å². The summed E-state index contributed by atoms with van der Waals surface area (Å²) in [5.74, 6) is -0.907. The maximum atomic E-state index is 13.7. The minimum Gasteiger partial charge on any atom is -0.497 e. The Labute approximate surface area is 127 Å². The number of sulfone groups is 1. The molecule has 7 heteroatoms. The summed E-state index contributed by atoms with van der Waals surface area (Å²) in [6.07, 6.45) is 1.46. The number of aromatic nitrogens is 1. The molecule has 0 aliphatic rings. The zero-order valence-corrected chi connectivity index (χ0v) is 12.8. The van der Waals surface area contributed by atoms with Gasteiger partial charge in [0.05, 0.1) is 24.3 Å². The van der Waals surface area contributed by atoms with Crippen LogP contribution in [0.25, 0.3) is 0 Å². The molecule has 0 bridgehead atoms. The van der Waals surface area contributed by atoms with E-state index in [0.29, 0.717) is 11.4 Å². The monoisotopic (exact) mass is 329 g/mol. The first-order valence-corrected chi connectivity index (χ1v) is 8.23. The summed E-state index contributed by atoms with van der Waals surface area (Å²) < 4.78 is 43.0. The van der Waals surface area contributed by atoms with Crippen molar-refractivity contribution in [1.29, 1.82) is 0 Å². The minimum absolute atomic E-state index is 0.0259. The molecule has 0 fully saturated rings. The summed E-state index contributed by atoms with van der Waals surface area (Å²) in [6.45, 7) is 0. The maximum Gasteiger partial charge on any atom is 0.160 e. The lowest BCUT2D eigenvalue weighted by molar-refractivity contribution is 0.413. The van der Waals surface area contributed by atoms with E-state index >= 15 is 0 Å². The van der Waals surface area contributed by atoms with Crippen molar-refractivity contribution in [3.63, 3.8) is 0 Å². The second-order valence-corrected chi connectivity index (χ2v) is 6.89. The van der Waals surface area contributed by atoms with E-state index < -0.39 is 21.4 Å². The molecular formula is C14H13ClFNO3S. The van der Waals surface area contributed by atoms with Crippen LogP contribution in [0, 0.1) is 5.82 Å². The van der Waals surface area contributed by atoms with E-state index in [0.717, 1.165) is 0 Å². The van der Waals surface area contributed by atoms with E-state index in [-0.39, 0.29) is 16.3 Å². The van der Waals surface area contributed by atoms with Crippen LogP contribution >= 0.6 is 11.6 Å². The molecule has 0 spiro atoms. The summed E-state index contributed by atoms with van der Waals surface area (Å²) >= 11 is 5.85. The van der Waals surface area contributed by atoms with Gasteiger partial charge in [-0.2, -0.15) is 0 Å². The van der Waals surface area contributed by atoms with Crippen LogP contribution in [0.5, 0.6) is 5.75 Å². The van der Waals surface area contributed by atoms with Gasteiger partial charge in [0.15, 0.2) is 9.84 Å². The average Bonchev–Trinajstić information content (AvgIpc) is 2.43. The van der Waals surface area contributed by atoms with E-state index in [4.69, 9.17) is 16.3 Å². The fourth-order valence-corrected chi connectivity index (χ4v) is 3.58. The van der Waals surface area contributed by atoms with E-state index in [9.17, 15) is 12.8 Å². The lowest BCUT2D eigenvalue weighted by atomic mass is 10.2. The second kappa shape index (κ2) is 6.41. The molecule has 0 saturated carbocycles. The molecule has 21 heavy (non-hydrogen) atoms. The van der Waals surface area contributed by atoms with E-state index in [2.05, 4.69) is 4.98 Å². The van der Waals surface area contributed by atoms with Gasteiger partial charge in [-0.15, -0.1) is 0 Å². The average molecular weight is 330 g/mol. The third-order valence-corrected chi connectivity index (χ3v) is 4.64. The number of nitrogens with zero attached hydrogens (tertiary/aromatic N) is 1. The zero-order valence-electron chi connectivity index (χ0n) is 11.2. The van der Waals surface area contributed by atoms with Crippen LogP contribution in [0.1, 0.15) is 11.3 Å². The first kappa shape index (κ1) is 15.7. The molecule has 0 amide bonds. The van der Waals surface area contributed by atoms with Crippen molar-refractivity contribution >= 4 is 21.4 Å². The molecule has 0 saturated heterocycles. The second-order valence-electron chi connectivity index (χ2n) is 4.42. The van der Waals surface area contributed by atoms with E-state index in [1.807, 2.05) is 0 Å². The van der Waals surface area contributed by atoms with Gasteiger partial charge in [-0.05, 0) is 18.2 Å². The summed E-state index contributed by atoms with van der Waals surface area (Å²) in [5, 5.41) is 0.0946. The van der Waals surface area contributed by atoms with Gasteiger partial charge in [0.25, 0.3) is 0 Å². The highest BCUT2D eigenvalue weighted by molar-refractivity contribution is 7.89. The molecule has 1 aromatic heterocycles. The van der Waals surface area contributed by atoms with Crippen molar-refractivity contribution in [3.05, 3.63) is 58.6 Å². The van der Waals surface area contributed by atoms with Crippen molar-refractivity contribution < 1.29 is 17.5 Å². The Balaban J connectivity index is 2.23. The molecule has 2 rings (SSSR count). The van der Waals surface area contributed by atoms with Gasteiger partial charge in [-0.1, -0.05) is 17.7 Å². The van der Waals surface area contributed by atoms with Crippen molar-refractivity contribution in [1.82, 2.24) is 4.98 Å². The van der Waals surface area contributed by atoms with Crippen molar-refractivity contribution in [2.45, 2.75) is 11.5 Å². The molecule has 0 N–H and O–H groups in total.